The lowest BCUT2D eigenvalue weighted by molar-refractivity contribution is -0.137. The van der Waals surface area contributed by atoms with Crippen LogP contribution in [0.1, 0.15) is 89.0 Å². The summed E-state index contributed by atoms with van der Waals surface area (Å²) in [5.74, 6) is 1.10. The van der Waals surface area contributed by atoms with Crippen LogP contribution in [0.4, 0.5) is 0 Å². The molecule has 1 aromatic carbocycles. The maximum atomic E-state index is 10.4. The fourth-order valence-corrected chi connectivity index (χ4v) is 3.47. The topological polar surface area (TPSA) is 55.8 Å². The predicted molar refractivity (Wildman–Crippen MR) is 104 cm³/mol. The van der Waals surface area contributed by atoms with E-state index in [0.29, 0.717) is 13.2 Å². The quantitative estimate of drug-likeness (QED) is 0.382. The molecule has 1 aliphatic rings. The molecular weight excluding hydrogens is 328 g/mol. The third kappa shape index (κ3) is 8.59. The second-order valence-corrected chi connectivity index (χ2v) is 7.32. The molecular formula is C22H34O4. The Labute approximate surface area is 157 Å². The van der Waals surface area contributed by atoms with Crippen LogP contribution >= 0.6 is 0 Å². The first-order valence-corrected chi connectivity index (χ1v) is 10.4. The van der Waals surface area contributed by atoms with Crippen molar-refractivity contribution in [3.8, 4) is 11.5 Å². The van der Waals surface area contributed by atoms with E-state index in [2.05, 4.69) is 12.1 Å². The molecule has 1 heterocycles. The average Bonchev–Trinajstić information content (AvgIpc) is 3.09. The van der Waals surface area contributed by atoms with Gasteiger partial charge in [0.2, 0.25) is 6.79 Å². The minimum atomic E-state index is -0.666. The Morgan fingerprint density at radius 3 is 1.92 bits per heavy atom. The summed E-state index contributed by atoms with van der Waals surface area (Å²) < 4.78 is 10.8. The number of benzene rings is 1. The molecule has 4 heteroatoms. The molecule has 1 aromatic rings. The number of fused-ring (bicyclic) bond motifs is 1. The number of carboxylic acid groups (broad SMARTS) is 1. The summed E-state index contributed by atoms with van der Waals surface area (Å²) in [6.07, 6.45) is 16.4. The van der Waals surface area contributed by atoms with Crippen molar-refractivity contribution < 1.29 is 19.4 Å². The van der Waals surface area contributed by atoms with Gasteiger partial charge in [-0.1, -0.05) is 70.3 Å². The van der Waals surface area contributed by atoms with Crippen LogP contribution in [0.5, 0.6) is 11.5 Å². The Morgan fingerprint density at radius 1 is 0.769 bits per heavy atom. The number of aryl methyl sites for hydroxylation is 1. The zero-order chi connectivity index (χ0) is 18.5. The van der Waals surface area contributed by atoms with E-state index < -0.39 is 5.97 Å². The van der Waals surface area contributed by atoms with Crippen LogP contribution in [0.15, 0.2) is 18.2 Å². The van der Waals surface area contributed by atoms with Gasteiger partial charge < -0.3 is 14.6 Å². The van der Waals surface area contributed by atoms with E-state index in [-0.39, 0.29) is 0 Å². The number of hydrogen-bond acceptors (Lipinski definition) is 3. The van der Waals surface area contributed by atoms with Crippen LogP contribution in [0.25, 0.3) is 0 Å². The molecule has 2 rings (SSSR count). The van der Waals surface area contributed by atoms with Crippen LogP contribution in [0.2, 0.25) is 0 Å². The van der Waals surface area contributed by atoms with Gasteiger partial charge in [-0.2, -0.15) is 0 Å². The van der Waals surface area contributed by atoms with Gasteiger partial charge in [0.25, 0.3) is 0 Å². The van der Waals surface area contributed by atoms with E-state index in [1.807, 2.05) is 6.07 Å². The second-order valence-electron chi connectivity index (χ2n) is 7.32. The highest BCUT2D eigenvalue weighted by Gasteiger charge is 2.12. The molecule has 0 fully saturated rings. The fraction of sp³-hybridized carbons (Fsp3) is 0.682. The van der Waals surface area contributed by atoms with Gasteiger partial charge in [-0.15, -0.1) is 0 Å². The summed E-state index contributed by atoms with van der Waals surface area (Å²) in [4.78, 5) is 10.4. The number of ether oxygens (including phenoxy) is 2. The molecule has 0 spiro atoms. The van der Waals surface area contributed by atoms with E-state index in [9.17, 15) is 4.79 Å². The molecule has 1 aliphatic heterocycles. The van der Waals surface area contributed by atoms with E-state index in [1.165, 1.54) is 69.8 Å². The molecule has 0 saturated carbocycles. The minimum absolute atomic E-state index is 0.328. The third-order valence-electron chi connectivity index (χ3n) is 5.04. The summed E-state index contributed by atoms with van der Waals surface area (Å²) in [5, 5.41) is 8.57. The SMILES string of the molecule is O=C(O)CCCCCCCCCCCCCCc1ccc2c(c1)OCO2. The van der Waals surface area contributed by atoms with Crippen LogP contribution < -0.4 is 9.47 Å². The molecule has 4 nitrogen and oxygen atoms in total. The maximum absolute atomic E-state index is 10.4. The molecule has 1 N–H and O–H groups in total. The Bertz CT molecular complexity index is 527. The van der Waals surface area contributed by atoms with Crippen molar-refractivity contribution in [2.75, 3.05) is 6.79 Å². The number of carboxylic acids is 1. The summed E-state index contributed by atoms with van der Waals surface area (Å²) in [5.41, 5.74) is 1.35. The molecule has 0 aliphatic carbocycles. The largest absolute Gasteiger partial charge is 0.481 e. The van der Waals surface area contributed by atoms with Crippen molar-refractivity contribution >= 4 is 5.97 Å². The van der Waals surface area contributed by atoms with Crippen LogP contribution in [-0.4, -0.2) is 17.9 Å². The summed E-state index contributed by atoms with van der Waals surface area (Å²) in [7, 11) is 0. The highest BCUT2D eigenvalue weighted by atomic mass is 16.7. The Kier molecular flexibility index (Phi) is 9.99. The number of carbonyl (C=O) groups is 1. The first-order valence-electron chi connectivity index (χ1n) is 10.4. The zero-order valence-electron chi connectivity index (χ0n) is 16.0. The van der Waals surface area contributed by atoms with Crippen molar-refractivity contribution in [2.45, 2.75) is 89.9 Å². The van der Waals surface area contributed by atoms with Gasteiger partial charge in [0.1, 0.15) is 0 Å². The lowest BCUT2D eigenvalue weighted by Gasteiger charge is -2.04. The second kappa shape index (κ2) is 12.6. The molecule has 146 valence electrons. The lowest BCUT2D eigenvalue weighted by atomic mass is 10.0. The van der Waals surface area contributed by atoms with Crippen LogP contribution in [0, 0.1) is 0 Å². The van der Waals surface area contributed by atoms with E-state index >= 15 is 0 Å². The van der Waals surface area contributed by atoms with Gasteiger partial charge in [0.05, 0.1) is 0 Å². The van der Waals surface area contributed by atoms with E-state index in [0.717, 1.165) is 30.8 Å². The number of hydrogen-bond donors (Lipinski definition) is 1. The highest BCUT2D eigenvalue weighted by molar-refractivity contribution is 5.66. The number of aliphatic carboxylic acids is 1. The third-order valence-corrected chi connectivity index (χ3v) is 5.04. The predicted octanol–water partition coefficient (Wildman–Crippen LogP) is 6.11. The van der Waals surface area contributed by atoms with Crippen molar-refractivity contribution in [3.05, 3.63) is 23.8 Å². The monoisotopic (exact) mass is 362 g/mol. The average molecular weight is 363 g/mol. The van der Waals surface area contributed by atoms with Gasteiger partial charge in [-0.3, -0.25) is 4.79 Å². The summed E-state index contributed by atoms with van der Waals surface area (Å²) >= 11 is 0. The van der Waals surface area contributed by atoms with Gasteiger partial charge >= 0.3 is 5.97 Å². The van der Waals surface area contributed by atoms with Gasteiger partial charge in [-0.25, -0.2) is 0 Å². The lowest BCUT2D eigenvalue weighted by Crippen LogP contribution is -1.93. The van der Waals surface area contributed by atoms with Crippen LogP contribution in [0.3, 0.4) is 0 Å². The normalized spacial score (nSPS) is 12.5. The number of unbranched alkanes of at least 4 members (excludes halogenated alkanes) is 11. The van der Waals surface area contributed by atoms with E-state index in [4.69, 9.17) is 14.6 Å². The smallest absolute Gasteiger partial charge is 0.303 e. The van der Waals surface area contributed by atoms with Gasteiger partial charge in [0.15, 0.2) is 11.5 Å². The molecule has 0 amide bonds. The standard InChI is InChI=1S/C22H34O4/c23-22(24)14-12-10-8-6-4-2-1-3-5-7-9-11-13-19-15-16-20-21(17-19)26-18-25-20/h15-17H,1-14,18H2,(H,23,24). The fourth-order valence-electron chi connectivity index (χ4n) is 3.47. The molecule has 0 aromatic heterocycles. The first-order chi connectivity index (χ1) is 12.8. The Balaban J connectivity index is 1.34. The molecule has 26 heavy (non-hydrogen) atoms. The Morgan fingerprint density at radius 2 is 1.31 bits per heavy atom. The molecule has 0 unspecified atom stereocenters. The van der Waals surface area contributed by atoms with E-state index in [1.54, 1.807) is 0 Å². The Hall–Kier alpha value is -1.71. The molecule has 0 atom stereocenters. The minimum Gasteiger partial charge on any atom is -0.481 e. The molecule has 0 radical (unpaired) electrons. The number of rotatable bonds is 15. The maximum Gasteiger partial charge on any atom is 0.303 e. The van der Waals surface area contributed by atoms with Crippen molar-refractivity contribution in [2.24, 2.45) is 0 Å². The van der Waals surface area contributed by atoms with Gasteiger partial charge in [0, 0.05) is 6.42 Å². The van der Waals surface area contributed by atoms with Crippen molar-refractivity contribution in [1.29, 1.82) is 0 Å². The van der Waals surface area contributed by atoms with Crippen molar-refractivity contribution in [1.82, 2.24) is 0 Å². The summed E-state index contributed by atoms with van der Waals surface area (Å²) in [6, 6.07) is 6.28. The molecule has 0 saturated heterocycles. The first kappa shape index (κ1) is 20.6. The van der Waals surface area contributed by atoms with Crippen LogP contribution in [-0.2, 0) is 11.2 Å². The summed E-state index contributed by atoms with van der Waals surface area (Å²) in [6.45, 7) is 0.351. The van der Waals surface area contributed by atoms with Crippen molar-refractivity contribution in [3.63, 3.8) is 0 Å². The zero-order valence-corrected chi connectivity index (χ0v) is 16.0. The van der Waals surface area contributed by atoms with Gasteiger partial charge in [-0.05, 0) is 37.0 Å². The highest BCUT2D eigenvalue weighted by Crippen LogP contribution is 2.32. The molecule has 0 bridgehead atoms.